The molecule has 2 N–H and O–H groups in total. The molecule has 2 heterocycles. The quantitative estimate of drug-likeness (QED) is 0.426. The van der Waals surface area contributed by atoms with Gasteiger partial charge in [0.05, 0.1) is 15.5 Å². The first-order valence-electron chi connectivity index (χ1n) is 6.83. The number of aliphatic hydroxyl groups excluding tert-OH is 1. The van der Waals surface area contributed by atoms with Crippen LogP contribution in [0.25, 0.3) is 15.8 Å². The number of aromatic amines is 1. The van der Waals surface area contributed by atoms with Crippen LogP contribution in [0.5, 0.6) is 0 Å². The zero-order valence-electron chi connectivity index (χ0n) is 12.4. The van der Waals surface area contributed by atoms with Gasteiger partial charge in [0.2, 0.25) is 5.16 Å². The van der Waals surface area contributed by atoms with E-state index < -0.39 is 0 Å². The molecule has 116 valence electrons. The van der Waals surface area contributed by atoms with E-state index in [4.69, 9.17) is 0 Å². The third kappa shape index (κ3) is 3.21. The third-order valence-corrected chi connectivity index (χ3v) is 5.14. The summed E-state index contributed by atoms with van der Waals surface area (Å²) in [5.41, 5.74) is 1.01. The molecule has 0 amide bonds. The van der Waals surface area contributed by atoms with Crippen LogP contribution in [0.15, 0.2) is 35.2 Å². The standard InChI is InChI=1S/C15H13N5OS2/c1-8(22-15-17-9(2)19-20-15)13(21)10(7-16)14-18-11-5-3-4-6-12(11)23-14/h3-6,8,21H,1-2H3,(H,17,19,20)/b13-10-. The minimum absolute atomic E-state index is 0.0148. The van der Waals surface area contributed by atoms with Gasteiger partial charge in [-0.2, -0.15) is 5.26 Å². The number of nitrogens with zero attached hydrogens (tertiary/aromatic N) is 4. The van der Waals surface area contributed by atoms with Gasteiger partial charge in [-0.25, -0.2) is 9.97 Å². The van der Waals surface area contributed by atoms with E-state index in [1.807, 2.05) is 24.3 Å². The van der Waals surface area contributed by atoms with Crippen LogP contribution in [-0.2, 0) is 0 Å². The van der Waals surface area contributed by atoms with Gasteiger partial charge in [0.25, 0.3) is 0 Å². The molecule has 0 aliphatic carbocycles. The number of H-pyrrole nitrogens is 1. The monoisotopic (exact) mass is 343 g/mol. The van der Waals surface area contributed by atoms with Crippen molar-refractivity contribution in [1.82, 2.24) is 20.2 Å². The molecule has 23 heavy (non-hydrogen) atoms. The van der Waals surface area contributed by atoms with Crippen molar-refractivity contribution in [2.45, 2.75) is 24.3 Å². The zero-order valence-corrected chi connectivity index (χ0v) is 14.1. The number of thioether (sulfide) groups is 1. The summed E-state index contributed by atoms with van der Waals surface area (Å²) in [6, 6.07) is 9.71. The molecule has 1 unspecified atom stereocenters. The van der Waals surface area contributed by atoms with Crippen LogP contribution in [0.3, 0.4) is 0 Å². The van der Waals surface area contributed by atoms with E-state index in [0.29, 0.717) is 16.0 Å². The number of hydrogen-bond donors (Lipinski definition) is 2. The fraction of sp³-hybridized carbons (Fsp3) is 0.200. The van der Waals surface area contributed by atoms with Gasteiger partial charge in [0, 0.05) is 0 Å². The van der Waals surface area contributed by atoms with Gasteiger partial charge in [0.1, 0.15) is 28.2 Å². The molecule has 0 aliphatic heterocycles. The first-order valence-corrected chi connectivity index (χ1v) is 8.53. The van der Waals surface area contributed by atoms with Gasteiger partial charge in [-0.05, 0) is 26.0 Å². The lowest BCUT2D eigenvalue weighted by atomic mass is 10.2. The van der Waals surface area contributed by atoms with Gasteiger partial charge in [-0.1, -0.05) is 23.9 Å². The van der Waals surface area contributed by atoms with Crippen LogP contribution in [-0.4, -0.2) is 30.5 Å². The van der Waals surface area contributed by atoms with Crippen molar-refractivity contribution in [3.8, 4) is 6.07 Å². The van der Waals surface area contributed by atoms with Crippen molar-refractivity contribution < 1.29 is 5.11 Å². The minimum Gasteiger partial charge on any atom is -0.510 e. The highest BCUT2D eigenvalue weighted by molar-refractivity contribution is 7.99. The molecule has 0 radical (unpaired) electrons. The van der Waals surface area contributed by atoms with Gasteiger partial charge in [0.15, 0.2) is 0 Å². The first kappa shape index (κ1) is 15.5. The Morgan fingerprint density at radius 1 is 1.39 bits per heavy atom. The van der Waals surface area contributed by atoms with Gasteiger partial charge >= 0.3 is 0 Å². The number of aliphatic hydroxyl groups is 1. The molecule has 6 nitrogen and oxygen atoms in total. The molecule has 8 heteroatoms. The molecule has 0 fully saturated rings. The second-order valence-corrected chi connectivity index (χ2v) is 7.16. The van der Waals surface area contributed by atoms with E-state index in [1.54, 1.807) is 13.8 Å². The van der Waals surface area contributed by atoms with Crippen molar-refractivity contribution in [3.05, 3.63) is 40.9 Å². The fourth-order valence-corrected chi connectivity index (χ4v) is 3.79. The fourth-order valence-electron chi connectivity index (χ4n) is 1.99. The number of nitriles is 1. The SMILES string of the molecule is Cc1nc(SC(C)/C(O)=C(\C#N)c2nc3ccccc3s2)n[nH]1. The lowest BCUT2D eigenvalue weighted by molar-refractivity contribution is 0.402. The van der Waals surface area contributed by atoms with Crippen molar-refractivity contribution in [1.29, 1.82) is 5.26 Å². The summed E-state index contributed by atoms with van der Waals surface area (Å²) in [5.74, 6) is 0.689. The summed E-state index contributed by atoms with van der Waals surface area (Å²) >= 11 is 2.67. The molecule has 0 saturated heterocycles. The summed E-state index contributed by atoms with van der Waals surface area (Å²) in [4.78, 5) is 8.62. The highest BCUT2D eigenvalue weighted by Crippen LogP contribution is 2.32. The topological polar surface area (TPSA) is 98.5 Å². The number of para-hydroxylation sites is 1. The Bertz CT molecular complexity index is 888. The maximum Gasteiger partial charge on any atom is 0.209 e. The van der Waals surface area contributed by atoms with Crippen LogP contribution >= 0.6 is 23.1 Å². The average molecular weight is 343 g/mol. The summed E-state index contributed by atoms with van der Waals surface area (Å²) in [6.45, 7) is 3.61. The summed E-state index contributed by atoms with van der Waals surface area (Å²) in [6.07, 6.45) is 0. The predicted octanol–water partition coefficient (Wildman–Crippen LogP) is 3.70. The molecule has 1 atom stereocenters. The first-order chi connectivity index (χ1) is 11.1. The van der Waals surface area contributed by atoms with Gasteiger partial charge in [-0.3, -0.25) is 5.10 Å². The maximum atomic E-state index is 10.5. The molecular formula is C15H13N5OS2. The largest absolute Gasteiger partial charge is 0.510 e. The Hall–Kier alpha value is -2.37. The summed E-state index contributed by atoms with van der Waals surface area (Å²) < 4.78 is 0.980. The number of rotatable bonds is 4. The van der Waals surface area contributed by atoms with Gasteiger partial charge < -0.3 is 5.11 Å². The molecule has 0 aliphatic rings. The Labute approximate surface area is 140 Å². The second kappa shape index (κ2) is 6.40. The third-order valence-electron chi connectivity index (χ3n) is 3.12. The number of nitrogens with one attached hydrogen (secondary N) is 1. The predicted molar refractivity (Wildman–Crippen MR) is 91.2 cm³/mol. The maximum absolute atomic E-state index is 10.5. The Morgan fingerprint density at radius 2 is 2.17 bits per heavy atom. The lowest BCUT2D eigenvalue weighted by Gasteiger charge is -2.09. The normalized spacial score (nSPS) is 13.6. The Morgan fingerprint density at radius 3 is 2.83 bits per heavy atom. The molecule has 3 rings (SSSR count). The molecule has 0 spiro atoms. The van der Waals surface area contributed by atoms with E-state index in [1.165, 1.54) is 23.1 Å². The molecule has 2 aromatic heterocycles. The molecule has 3 aromatic rings. The van der Waals surface area contributed by atoms with Crippen molar-refractivity contribution in [2.24, 2.45) is 0 Å². The summed E-state index contributed by atoms with van der Waals surface area (Å²) in [7, 11) is 0. The number of allylic oxidation sites excluding steroid dienone is 1. The van der Waals surface area contributed by atoms with E-state index in [2.05, 4.69) is 26.2 Å². The van der Waals surface area contributed by atoms with Gasteiger partial charge in [-0.15, -0.1) is 16.4 Å². The molecular weight excluding hydrogens is 330 g/mol. The number of aromatic nitrogens is 4. The van der Waals surface area contributed by atoms with Crippen molar-refractivity contribution in [3.63, 3.8) is 0 Å². The number of aryl methyl sites for hydroxylation is 1. The van der Waals surface area contributed by atoms with Crippen LogP contribution in [0, 0.1) is 18.3 Å². The minimum atomic E-state index is -0.355. The highest BCUT2D eigenvalue weighted by Gasteiger charge is 2.20. The molecule has 0 bridgehead atoms. The molecule has 0 saturated carbocycles. The van der Waals surface area contributed by atoms with E-state index in [9.17, 15) is 10.4 Å². The van der Waals surface area contributed by atoms with E-state index in [-0.39, 0.29) is 16.6 Å². The van der Waals surface area contributed by atoms with Crippen molar-refractivity contribution in [2.75, 3.05) is 0 Å². The van der Waals surface area contributed by atoms with Crippen LogP contribution in [0.1, 0.15) is 17.8 Å². The number of fused-ring (bicyclic) bond motifs is 1. The number of benzene rings is 1. The zero-order chi connectivity index (χ0) is 16.4. The second-order valence-electron chi connectivity index (χ2n) is 4.82. The number of thiazole rings is 1. The van der Waals surface area contributed by atoms with E-state index >= 15 is 0 Å². The Balaban J connectivity index is 1.93. The lowest BCUT2D eigenvalue weighted by Crippen LogP contribution is -2.04. The van der Waals surface area contributed by atoms with Crippen molar-refractivity contribution >= 4 is 38.9 Å². The van der Waals surface area contributed by atoms with Crippen LogP contribution in [0.4, 0.5) is 0 Å². The van der Waals surface area contributed by atoms with Crippen LogP contribution < -0.4 is 0 Å². The average Bonchev–Trinajstić information content (AvgIpc) is 3.13. The van der Waals surface area contributed by atoms with E-state index in [0.717, 1.165) is 10.2 Å². The Kier molecular flexibility index (Phi) is 4.32. The smallest absolute Gasteiger partial charge is 0.209 e. The number of hydrogen-bond acceptors (Lipinski definition) is 7. The summed E-state index contributed by atoms with van der Waals surface area (Å²) in [5, 5.41) is 27.4. The highest BCUT2D eigenvalue weighted by atomic mass is 32.2. The van der Waals surface area contributed by atoms with Crippen LogP contribution in [0.2, 0.25) is 0 Å². The molecule has 1 aromatic carbocycles.